The fraction of sp³-hybridized carbons (Fsp3) is 0.400. The van der Waals surface area contributed by atoms with Gasteiger partial charge in [-0.15, -0.1) is 0 Å². The van der Waals surface area contributed by atoms with Crippen molar-refractivity contribution in [3.63, 3.8) is 0 Å². The Hall–Kier alpha value is 0.774. The van der Waals surface area contributed by atoms with Gasteiger partial charge in [0.1, 0.15) is 0 Å². The molecule has 0 bridgehead atoms. The van der Waals surface area contributed by atoms with E-state index in [4.69, 9.17) is 6.72 Å². The van der Waals surface area contributed by atoms with Gasteiger partial charge in [0, 0.05) is 0 Å². The van der Waals surface area contributed by atoms with Gasteiger partial charge in [-0.25, -0.2) is 6.72 Å². The van der Waals surface area contributed by atoms with Crippen LogP contribution in [0.1, 0.15) is 0 Å². The van der Waals surface area contributed by atoms with Crippen LogP contribution in [-0.4, -0.2) is 25.4 Å². The van der Waals surface area contributed by atoms with Gasteiger partial charge in [-0.2, -0.15) is 0 Å². The minimum absolute atomic E-state index is 0. The molecule has 40 valence electrons. The van der Waals surface area contributed by atoms with Gasteiger partial charge >= 0.3 is 32.7 Å². The van der Waals surface area contributed by atoms with E-state index >= 15 is 0 Å². The van der Waals surface area contributed by atoms with E-state index in [9.17, 15) is 0 Å². The summed E-state index contributed by atoms with van der Waals surface area (Å²) in [5.41, 5.74) is 0. The van der Waals surface area contributed by atoms with Crippen LogP contribution < -0.4 is 0 Å². The van der Waals surface area contributed by atoms with E-state index < -0.39 is 0 Å². The van der Waals surface area contributed by atoms with Gasteiger partial charge in [-0.3, -0.25) is 0 Å². The fourth-order valence-electron chi connectivity index (χ4n) is 0. The van der Waals surface area contributed by atoms with Crippen molar-refractivity contribution >= 4 is 6.72 Å². The molecule has 0 aromatic rings. The first kappa shape index (κ1) is 25.0. The molecule has 0 rings (SSSR count). The number of hydrogen-bond donors (Lipinski definition) is 0. The Morgan fingerprint density at radius 2 is 1.14 bits per heavy atom. The summed E-state index contributed by atoms with van der Waals surface area (Å²) >= 11 is 0. The monoisotopic (exact) mass is 176 g/mol. The summed E-state index contributed by atoms with van der Waals surface area (Å²) in [6.07, 6.45) is 0. The molecule has 7 heavy (non-hydrogen) atoms. The smallest absolute Gasteiger partial charge is 0.421 e. The summed E-state index contributed by atoms with van der Waals surface area (Å²) in [5.74, 6) is 0. The molecule has 0 saturated heterocycles. The topological polar surface area (TPSA) is 3.01 Å². The molecule has 0 saturated carbocycles. The molecule has 0 aliphatic rings. The van der Waals surface area contributed by atoms with Gasteiger partial charge in [0.15, 0.2) is 0 Å². The quantitative estimate of drug-likeness (QED) is 0.291. The normalized spacial score (nSPS) is 3.71. The molecule has 0 aromatic carbocycles. The van der Waals surface area contributed by atoms with E-state index in [2.05, 4.69) is 0 Å². The van der Waals surface area contributed by atoms with E-state index in [1.807, 2.05) is 0 Å². The maximum atomic E-state index is 4.94. The second kappa shape index (κ2) is 15.9. The van der Waals surface area contributed by atoms with Crippen molar-refractivity contribution in [3.8, 4) is 0 Å². The van der Waals surface area contributed by atoms with Crippen molar-refractivity contribution < 1.29 is 37.3 Å². The SMILES string of the molecule is [CH-]=[N+](C)C.[CH3-].[CH3-].[Y+3]. The third-order valence-electron chi connectivity index (χ3n) is 0. The Morgan fingerprint density at radius 3 is 1.14 bits per heavy atom. The number of hydrogen-bond acceptors (Lipinski definition) is 0. The van der Waals surface area contributed by atoms with Crippen LogP contribution in [-0.2, 0) is 32.7 Å². The zero-order valence-corrected chi connectivity index (χ0v) is 8.44. The van der Waals surface area contributed by atoms with Crippen molar-refractivity contribution in [2.24, 2.45) is 0 Å². The van der Waals surface area contributed by atoms with Crippen molar-refractivity contribution in [3.05, 3.63) is 14.9 Å². The minimum atomic E-state index is 0. The summed E-state index contributed by atoms with van der Waals surface area (Å²) in [7, 11) is 3.56. The number of rotatable bonds is 0. The molecule has 0 aliphatic carbocycles. The zero-order valence-electron chi connectivity index (χ0n) is 5.60. The van der Waals surface area contributed by atoms with Crippen LogP contribution in [0.2, 0.25) is 0 Å². The molecule has 2 heteroatoms. The van der Waals surface area contributed by atoms with Gasteiger partial charge in [-0.1, -0.05) is 0 Å². The molecule has 0 N–H and O–H groups in total. The molecule has 1 nitrogen and oxygen atoms in total. The minimum Gasteiger partial charge on any atom is -0.421 e. The van der Waals surface area contributed by atoms with E-state index in [0.29, 0.717) is 0 Å². The van der Waals surface area contributed by atoms with Crippen LogP contribution in [0, 0.1) is 14.9 Å². The van der Waals surface area contributed by atoms with Gasteiger partial charge in [0.05, 0.1) is 14.1 Å². The third kappa shape index (κ3) is 258. The average Bonchev–Trinajstić information content (AvgIpc) is 0.811. The van der Waals surface area contributed by atoms with Crippen molar-refractivity contribution in [1.82, 2.24) is 0 Å². The summed E-state index contributed by atoms with van der Waals surface area (Å²) in [5, 5.41) is 0. The van der Waals surface area contributed by atoms with Gasteiger partial charge in [0.2, 0.25) is 0 Å². The van der Waals surface area contributed by atoms with Gasteiger partial charge in [0.25, 0.3) is 0 Å². The molecule has 0 atom stereocenters. The second-order valence-electron chi connectivity index (χ2n) is 0.964. The number of nitrogens with zero attached hydrogens (tertiary/aromatic N) is 1. The van der Waals surface area contributed by atoms with Crippen LogP contribution >= 0.6 is 0 Å². The Balaban J connectivity index is -0.0000000150. The Kier molecular flexibility index (Phi) is 56.7. The molecule has 0 unspecified atom stereocenters. The first-order valence-corrected chi connectivity index (χ1v) is 1.15. The molecule has 0 heterocycles. The summed E-state index contributed by atoms with van der Waals surface area (Å²) < 4.78 is 1.50. The molecule has 0 aromatic heterocycles. The van der Waals surface area contributed by atoms with Gasteiger partial charge < -0.3 is 19.4 Å². The maximum Gasteiger partial charge on any atom is 3.00 e. The van der Waals surface area contributed by atoms with Crippen molar-refractivity contribution in [2.45, 2.75) is 0 Å². The van der Waals surface area contributed by atoms with Crippen LogP contribution in [0.15, 0.2) is 0 Å². The Labute approximate surface area is 72.7 Å². The predicted molar refractivity (Wildman–Crippen MR) is 31.0 cm³/mol. The molecular weight excluding hydrogens is 163 g/mol. The largest absolute Gasteiger partial charge is 3.00 e. The average molecular weight is 176 g/mol. The van der Waals surface area contributed by atoms with Gasteiger partial charge in [-0.05, 0) is 0 Å². The fourth-order valence-corrected chi connectivity index (χ4v) is 0. The molecule has 0 amide bonds. The summed E-state index contributed by atoms with van der Waals surface area (Å²) in [6.45, 7) is 4.94. The van der Waals surface area contributed by atoms with Crippen LogP contribution in [0.4, 0.5) is 0 Å². The third-order valence-corrected chi connectivity index (χ3v) is 0. The van der Waals surface area contributed by atoms with Crippen LogP contribution in [0.25, 0.3) is 0 Å². The predicted octanol–water partition coefficient (Wildman–Crippen LogP) is 0.734. The first-order valence-electron chi connectivity index (χ1n) is 1.15. The summed E-state index contributed by atoms with van der Waals surface area (Å²) in [4.78, 5) is 0. The van der Waals surface area contributed by atoms with E-state index in [0.717, 1.165) is 0 Å². The molecule has 0 radical (unpaired) electrons. The Bertz CT molecular complexity index is 31.1. The molecule has 0 spiro atoms. The zero-order chi connectivity index (χ0) is 3.58. The Morgan fingerprint density at radius 1 is 1.14 bits per heavy atom. The standard InChI is InChI=1S/C3H7N.2CH3.Y/c1-4(2)3;;;/h1H,2-3H3;2*1H3;/q;2*-1;+3. The van der Waals surface area contributed by atoms with E-state index in [1.165, 1.54) is 4.58 Å². The van der Waals surface area contributed by atoms with Crippen LogP contribution in [0.3, 0.4) is 0 Å². The first-order chi connectivity index (χ1) is 1.73. The second-order valence-corrected chi connectivity index (χ2v) is 0.964. The molecule has 0 aliphatic heterocycles. The molecule has 0 fully saturated rings. The molecular formula is C5H13NY+. The van der Waals surface area contributed by atoms with Crippen molar-refractivity contribution in [1.29, 1.82) is 0 Å². The maximum absolute atomic E-state index is 4.94. The van der Waals surface area contributed by atoms with E-state index in [1.54, 1.807) is 14.1 Å². The van der Waals surface area contributed by atoms with Crippen molar-refractivity contribution in [2.75, 3.05) is 14.1 Å². The van der Waals surface area contributed by atoms with E-state index in [-0.39, 0.29) is 47.6 Å². The summed E-state index contributed by atoms with van der Waals surface area (Å²) in [6, 6.07) is 0. The van der Waals surface area contributed by atoms with Crippen LogP contribution in [0.5, 0.6) is 0 Å².